The molecule has 2 aromatic heterocycles. The van der Waals surface area contributed by atoms with Gasteiger partial charge in [-0.3, -0.25) is 9.36 Å². The lowest BCUT2D eigenvalue weighted by Gasteiger charge is -2.17. The molecular weight excluding hydrogens is 314 g/mol. The second kappa shape index (κ2) is 6.12. The van der Waals surface area contributed by atoms with E-state index >= 15 is 0 Å². The summed E-state index contributed by atoms with van der Waals surface area (Å²) in [6.45, 7) is 2.08. The maximum absolute atomic E-state index is 12.7. The summed E-state index contributed by atoms with van der Waals surface area (Å²) in [7, 11) is 0. The number of hydrogen-bond acceptors (Lipinski definition) is 4. The first-order valence-corrected chi connectivity index (χ1v) is 8.34. The average molecular weight is 333 g/mol. The molecule has 3 aromatic rings. The van der Waals surface area contributed by atoms with Crippen LogP contribution in [0.2, 0.25) is 0 Å². The van der Waals surface area contributed by atoms with E-state index in [1.807, 2.05) is 12.1 Å². The Balaban J connectivity index is 1.48. The highest BCUT2D eigenvalue weighted by Crippen LogP contribution is 2.38. The molecule has 0 aliphatic heterocycles. The van der Waals surface area contributed by atoms with Gasteiger partial charge in [-0.1, -0.05) is 35.9 Å². The molecule has 0 atom stereocenters. The molecule has 2 heterocycles. The van der Waals surface area contributed by atoms with E-state index in [-0.39, 0.29) is 11.4 Å². The van der Waals surface area contributed by atoms with Gasteiger partial charge in [0.2, 0.25) is 0 Å². The van der Waals surface area contributed by atoms with E-state index in [4.69, 9.17) is 0 Å². The van der Waals surface area contributed by atoms with Crippen molar-refractivity contribution in [2.45, 2.75) is 31.7 Å². The zero-order chi connectivity index (χ0) is 17.3. The molecule has 0 radical (unpaired) electrons. The molecular formula is C19H19N5O. The van der Waals surface area contributed by atoms with Crippen molar-refractivity contribution in [2.24, 2.45) is 0 Å². The van der Waals surface area contributed by atoms with E-state index in [0.29, 0.717) is 11.5 Å². The predicted octanol–water partition coefficient (Wildman–Crippen LogP) is 2.48. The monoisotopic (exact) mass is 333 g/mol. The van der Waals surface area contributed by atoms with Crippen LogP contribution in [0.5, 0.6) is 0 Å². The minimum Gasteiger partial charge on any atom is -0.345 e. The average Bonchev–Trinajstić information content (AvgIpc) is 3.15. The summed E-state index contributed by atoms with van der Waals surface area (Å²) in [4.78, 5) is 17.1. The number of amides is 1. The number of carbonyl (C=O) groups excluding carboxylic acids is 1. The van der Waals surface area contributed by atoms with Gasteiger partial charge in [-0.05, 0) is 43.9 Å². The van der Waals surface area contributed by atoms with E-state index < -0.39 is 0 Å². The van der Waals surface area contributed by atoms with Gasteiger partial charge in [-0.15, -0.1) is 10.2 Å². The summed E-state index contributed by atoms with van der Waals surface area (Å²) >= 11 is 0. The number of nitrogens with zero attached hydrogens (tertiary/aromatic N) is 4. The maximum atomic E-state index is 12.7. The van der Waals surface area contributed by atoms with Gasteiger partial charge in [0.1, 0.15) is 24.2 Å². The fraction of sp³-hybridized carbons (Fsp3) is 0.263. The highest BCUT2D eigenvalue weighted by Gasteiger charge is 2.44. The Morgan fingerprint density at radius 1 is 1.12 bits per heavy atom. The molecule has 0 unspecified atom stereocenters. The molecule has 1 saturated carbocycles. The van der Waals surface area contributed by atoms with Gasteiger partial charge >= 0.3 is 0 Å². The third-order valence-electron chi connectivity index (χ3n) is 4.55. The maximum Gasteiger partial charge on any atom is 0.270 e. The number of hydrogen-bond donors (Lipinski definition) is 1. The zero-order valence-electron chi connectivity index (χ0n) is 14.0. The van der Waals surface area contributed by atoms with Crippen molar-refractivity contribution in [1.82, 2.24) is 25.1 Å². The normalized spacial score (nSPS) is 14.9. The van der Waals surface area contributed by atoms with Crippen LogP contribution >= 0.6 is 0 Å². The smallest absolute Gasteiger partial charge is 0.270 e. The first kappa shape index (κ1) is 15.5. The Morgan fingerprint density at radius 3 is 2.52 bits per heavy atom. The number of rotatable bonds is 5. The third kappa shape index (κ3) is 3.42. The topological polar surface area (TPSA) is 72.7 Å². The standard InChI is InChI=1S/C19H19N5O/c1-14-5-7-15(8-6-14)11-19(9-10-19)23-18(25)16-3-2-4-17(22-16)24-12-20-21-13-24/h2-8,12-13H,9-11H2,1H3,(H,23,25). The number of pyridine rings is 1. The number of aromatic nitrogens is 4. The second-order valence-corrected chi connectivity index (χ2v) is 6.65. The Labute approximate surface area is 145 Å². The fourth-order valence-electron chi connectivity index (χ4n) is 2.91. The van der Waals surface area contributed by atoms with Gasteiger partial charge in [-0.2, -0.15) is 0 Å². The number of nitrogens with one attached hydrogen (secondary N) is 1. The second-order valence-electron chi connectivity index (χ2n) is 6.65. The van der Waals surface area contributed by atoms with Crippen LogP contribution in [0.4, 0.5) is 0 Å². The lowest BCUT2D eigenvalue weighted by atomic mass is 10.0. The van der Waals surface area contributed by atoms with Crippen molar-refractivity contribution in [2.75, 3.05) is 0 Å². The van der Waals surface area contributed by atoms with E-state index in [0.717, 1.165) is 19.3 Å². The van der Waals surface area contributed by atoms with Gasteiger partial charge in [0.05, 0.1) is 0 Å². The highest BCUT2D eigenvalue weighted by molar-refractivity contribution is 5.93. The predicted molar refractivity (Wildman–Crippen MR) is 93.5 cm³/mol. The van der Waals surface area contributed by atoms with Crippen LogP contribution in [0, 0.1) is 6.92 Å². The quantitative estimate of drug-likeness (QED) is 0.778. The number of aryl methyl sites for hydroxylation is 1. The van der Waals surface area contributed by atoms with Crippen LogP contribution in [0.3, 0.4) is 0 Å². The minimum absolute atomic E-state index is 0.138. The minimum atomic E-state index is -0.139. The summed E-state index contributed by atoms with van der Waals surface area (Å²) in [6, 6.07) is 13.8. The molecule has 25 heavy (non-hydrogen) atoms. The summed E-state index contributed by atoms with van der Waals surface area (Å²) in [5.74, 6) is 0.487. The van der Waals surface area contributed by atoms with E-state index in [1.54, 1.807) is 23.3 Å². The van der Waals surface area contributed by atoms with E-state index in [9.17, 15) is 4.79 Å². The molecule has 6 heteroatoms. The number of carbonyl (C=O) groups is 1. The van der Waals surface area contributed by atoms with Crippen molar-refractivity contribution in [3.05, 3.63) is 71.9 Å². The van der Waals surface area contributed by atoms with Gasteiger partial charge in [-0.25, -0.2) is 4.98 Å². The van der Waals surface area contributed by atoms with Crippen LogP contribution in [-0.4, -0.2) is 31.2 Å². The van der Waals surface area contributed by atoms with E-state index in [1.165, 1.54) is 11.1 Å². The SMILES string of the molecule is Cc1ccc(CC2(NC(=O)c3cccc(-n4cnnc4)n3)CC2)cc1. The van der Waals surface area contributed by atoms with Crippen molar-refractivity contribution in [1.29, 1.82) is 0 Å². The molecule has 126 valence electrons. The van der Waals surface area contributed by atoms with Crippen LogP contribution in [0.1, 0.15) is 34.5 Å². The summed E-state index contributed by atoms with van der Waals surface area (Å²) in [5, 5.41) is 10.7. The fourth-order valence-corrected chi connectivity index (χ4v) is 2.91. The van der Waals surface area contributed by atoms with Crippen molar-refractivity contribution >= 4 is 5.91 Å². The molecule has 1 fully saturated rings. The molecule has 4 rings (SSSR count). The Bertz CT molecular complexity index is 882. The molecule has 1 aromatic carbocycles. The number of benzene rings is 1. The largest absolute Gasteiger partial charge is 0.345 e. The molecule has 0 bridgehead atoms. The highest BCUT2D eigenvalue weighted by atomic mass is 16.2. The third-order valence-corrected chi connectivity index (χ3v) is 4.55. The van der Waals surface area contributed by atoms with Crippen LogP contribution in [0.15, 0.2) is 55.1 Å². The van der Waals surface area contributed by atoms with Crippen molar-refractivity contribution in [3.8, 4) is 5.82 Å². The Kier molecular flexibility index (Phi) is 3.80. The Hall–Kier alpha value is -3.02. The van der Waals surface area contributed by atoms with Crippen molar-refractivity contribution < 1.29 is 4.79 Å². The molecule has 6 nitrogen and oxygen atoms in total. The molecule has 1 aliphatic carbocycles. The summed E-state index contributed by atoms with van der Waals surface area (Å²) < 4.78 is 1.68. The lowest BCUT2D eigenvalue weighted by molar-refractivity contribution is 0.0926. The van der Waals surface area contributed by atoms with Crippen molar-refractivity contribution in [3.63, 3.8) is 0 Å². The lowest BCUT2D eigenvalue weighted by Crippen LogP contribution is -2.39. The molecule has 1 aliphatic rings. The summed E-state index contributed by atoms with van der Waals surface area (Å²) in [6.07, 6.45) is 5.97. The first-order valence-electron chi connectivity index (χ1n) is 8.34. The first-order chi connectivity index (χ1) is 12.1. The van der Waals surface area contributed by atoms with Gasteiger partial charge < -0.3 is 5.32 Å². The van der Waals surface area contributed by atoms with Crippen LogP contribution < -0.4 is 5.32 Å². The van der Waals surface area contributed by atoms with Gasteiger partial charge in [0, 0.05) is 5.54 Å². The summed E-state index contributed by atoms with van der Waals surface area (Å²) in [5.41, 5.74) is 2.75. The van der Waals surface area contributed by atoms with E-state index in [2.05, 4.69) is 51.7 Å². The molecule has 0 spiro atoms. The van der Waals surface area contributed by atoms with Gasteiger partial charge in [0.15, 0.2) is 0 Å². The molecule has 0 saturated heterocycles. The van der Waals surface area contributed by atoms with Crippen LogP contribution in [-0.2, 0) is 6.42 Å². The Morgan fingerprint density at radius 2 is 1.84 bits per heavy atom. The zero-order valence-corrected chi connectivity index (χ0v) is 14.0. The molecule has 1 N–H and O–H groups in total. The molecule has 1 amide bonds. The van der Waals surface area contributed by atoms with Crippen LogP contribution in [0.25, 0.3) is 5.82 Å². The van der Waals surface area contributed by atoms with Gasteiger partial charge in [0.25, 0.3) is 5.91 Å².